The maximum absolute atomic E-state index is 11.9. The lowest BCUT2D eigenvalue weighted by atomic mass is 10.2. The summed E-state index contributed by atoms with van der Waals surface area (Å²) in [6, 6.07) is 0. The molecule has 0 heterocycles. The Hall–Kier alpha value is -1.79. The van der Waals surface area contributed by atoms with Crippen molar-refractivity contribution in [3.63, 3.8) is 0 Å². The predicted octanol–water partition coefficient (Wildman–Crippen LogP) is -2.60. The van der Waals surface area contributed by atoms with Crippen molar-refractivity contribution in [1.82, 2.24) is 25.8 Å². The Morgan fingerprint density at radius 2 is 0.903 bits per heavy atom. The Morgan fingerprint density at radius 3 is 1.19 bits per heavy atom. The summed E-state index contributed by atoms with van der Waals surface area (Å²) in [5.41, 5.74) is 16.3. The van der Waals surface area contributed by atoms with Gasteiger partial charge in [0.15, 0.2) is 0 Å². The molecule has 0 saturated heterocycles. The first-order valence-electron chi connectivity index (χ1n) is 11.3. The van der Waals surface area contributed by atoms with Crippen LogP contribution < -0.4 is 33.2 Å². The minimum Gasteiger partial charge on any atom is -0.355 e. The SMILES string of the molecule is CCCN(CCC(=O)NCCN)CCN(CCC(=O)NCCN)CCC(=O)NCCN. The van der Waals surface area contributed by atoms with Crippen LogP contribution in [-0.4, -0.2) is 106 Å². The van der Waals surface area contributed by atoms with Gasteiger partial charge in [0.05, 0.1) is 0 Å². The maximum Gasteiger partial charge on any atom is 0.221 e. The van der Waals surface area contributed by atoms with Gasteiger partial charge in [0.1, 0.15) is 0 Å². The van der Waals surface area contributed by atoms with E-state index in [4.69, 9.17) is 17.2 Å². The molecule has 0 aliphatic heterocycles. The van der Waals surface area contributed by atoms with Crippen molar-refractivity contribution in [2.24, 2.45) is 17.2 Å². The zero-order valence-electron chi connectivity index (χ0n) is 19.2. The molecular formula is C20H44N8O3. The van der Waals surface area contributed by atoms with Gasteiger partial charge in [0.25, 0.3) is 0 Å². The number of nitrogens with one attached hydrogen (secondary N) is 3. The lowest BCUT2D eigenvalue weighted by Crippen LogP contribution is -2.41. The van der Waals surface area contributed by atoms with E-state index in [0.717, 1.165) is 19.5 Å². The molecular weight excluding hydrogens is 400 g/mol. The van der Waals surface area contributed by atoms with E-state index in [1.807, 2.05) is 0 Å². The average Bonchev–Trinajstić information content (AvgIpc) is 2.77. The van der Waals surface area contributed by atoms with E-state index in [1.165, 1.54) is 0 Å². The molecule has 0 aliphatic carbocycles. The lowest BCUT2D eigenvalue weighted by Gasteiger charge is -2.27. The van der Waals surface area contributed by atoms with Gasteiger partial charge in [-0.2, -0.15) is 0 Å². The Labute approximate surface area is 186 Å². The molecule has 0 fully saturated rings. The second kappa shape index (κ2) is 20.1. The molecule has 0 rings (SSSR count). The smallest absolute Gasteiger partial charge is 0.221 e. The van der Waals surface area contributed by atoms with E-state index in [-0.39, 0.29) is 17.7 Å². The zero-order valence-corrected chi connectivity index (χ0v) is 19.2. The number of amides is 3. The molecule has 9 N–H and O–H groups in total. The highest BCUT2D eigenvalue weighted by Crippen LogP contribution is 2.00. The van der Waals surface area contributed by atoms with E-state index in [9.17, 15) is 14.4 Å². The molecule has 0 bridgehead atoms. The molecule has 182 valence electrons. The number of carbonyl (C=O) groups excluding carboxylic acids is 3. The summed E-state index contributed by atoms with van der Waals surface area (Å²) in [6.07, 6.45) is 2.09. The third-order valence-corrected chi connectivity index (χ3v) is 4.64. The van der Waals surface area contributed by atoms with E-state index >= 15 is 0 Å². The minimum absolute atomic E-state index is 0.00319. The van der Waals surface area contributed by atoms with Gasteiger partial charge < -0.3 is 43.0 Å². The maximum atomic E-state index is 11.9. The van der Waals surface area contributed by atoms with Gasteiger partial charge in [-0.15, -0.1) is 0 Å². The number of nitrogens with two attached hydrogens (primary N) is 3. The highest BCUT2D eigenvalue weighted by molar-refractivity contribution is 5.77. The van der Waals surface area contributed by atoms with Gasteiger partial charge in [-0.05, 0) is 13.0 Å². The first-order valence-corrected chi connectivity index (χ1v) is 11.3. The minimum atomic E-state index is -0.0509. The van der Waals surface area contributed by atoms with Crippen molar-refractivity contribution >= 4 is 17.7 Å². The largest absolute Gasteiger partial charge is 0.355 e. The third kappa shape index (κ3) is 17.6. The molecule has 3 amide bonds. The number of rotatable bonds is 20. The zero-order chi connectivity index (χ0) is 23.3. The van der Waals surface area contributed by atoms with Crippen molar-refractivity contribution in [1.29, 1.82) is 0 Å². The number of nitrogens with zero attached hydrogens (tertiary/aromatic N) is 2. The molecule has 0 aliphatic rings. The fourth-order valence-corrected chi connectivity index (χ4v) is 2.95. The highest BCUT2D eigenvalue weighted by Gasteiger charge is 2.13. The van der Waals surface area contributed by atoms with Crippen LogP contribution in [0.15, 0.2) is 0 Å². The summed E-state index contributed by atoms with van der Waals surface area (Å²) in [5, 5.41) is 8.32. The van der Waals surface area contributed by atoms with Crippen LogP contribution in [0.3, 0.4) is 0 Å². The fourth-order valence-electron chi connectivity index (χ4n) is 2.95. The molecule has 11 nitrogen and oxygen atoms in total. The van der Waals surface area contributed by atoms with Crippen molar-refractivity contribution in [3.8, 4) is 0 Å². The monoisotopic (exact) mass is 444 g/mol. The van der Waals surface area contributed by atoms with Crippen LogP contribution >= 0.6 is 0 Å². The van der Waals surface area contributed by atoms with E-state index < -0.39 is 0 Å². The number of hydrogen-bond acceptors (Lipinski definition) is 8. The Balaban J connectivity index is 4.65. The van der Waals surface area contributed by atoms with Crippen LogP contribution in [0.4, 0.5) is 0 Å². The first-order chi connectivity index (χ1) is 15.0. The highest BCUT2D eigenvalue weighted by atomic mass is 16.2. The van der Waals surface area contributed by atoms with Gasteiger partial charge in [0, 0.05) is 91.3 Å². The van der Waals surface area contributed by atoms with Crippen LogP contribution in [0.5, 0.6) is 0 Å². The van der Waals surface area contributed by atoms with Crippen LogP contribution in [0.1, 0.15) is 32.6 Å². The molecule has 0 aromatic carbocycles. The van der Waals surface area contributed by atoms with E-state index in [0.29, 0.717) is 84.7 Å². The lowest BCUT2D eigenvalue weighted by molar-refractivity contribution is -0.122. The van der Waals surface area contributed by atoms with Gasteiger partial charge in [-0.1, -0.05) is 6.92 Å². The number of carbonyl (C=O) groups is 3. The Kier molecular flexibility index (Phi) is 19.0. The summed E-state index contributed by atoms with van der Waals surface area (Å²) in [4.78, 5) is 40.1. The van der Waals surface area contributed by atoms with Crippen LogP contribution in [0.25, 0.3) is 0 Å². The van der Waals surface area contributed by atoms with Gasteiger partial charge in [-0.3, -0.25) is 14.4 Å². The summed E-state index contributed by atoms with van der Waals surface area (Å²) >= 11 is 0. The predicted molar refractivity (Wildman–Crippen MR) is 123 cm³/mol. The third-order valence-electron chi connectivity index (χ3n) is 4.64. The van der Waals surface area contributed by atoms with Gasteiger partial charge in [-0.25, -0.2) is 0 Å². The Morgan fingerprint density at radius 1 is 0.581 bits per heavy atom. The molecule has 0 radical (unpaired) electrons. The standard InChI is InChI=1S/C20H44N8O3/c1-2-12-27(13-3-18(29)24-9-6-21)16-17-28(14-4-19(30)25-10-7-22)15-5-20(31)26-11-8-23/h2-17,21-23H2,1H3,(H,24,29)(H,25,30)(H,26,31). The topological polar surface area (TPSA) is 172 Å². The molecule has 31 heavy (non-hydrogen) atoms. The molecule has 11 heteroatoms. The normalized spacial score (nSPS) is 11.0. The summed E-state index contributed by atoms with van der Waals surface area (Å²) in [6.45, 7) is 8.84. The van der Waals surface area contributed by atoms with E-state index in [1.54, 1.807) is 0 Å². The van der Waals surface area contributed by atoms with Crippen molar-refractivity contribution in [2.75, 3.05) is 78.5 Å². The summed E-state index contributed by atoms with van der Waals surface area (Å²) in [7, 11) is 0. The second-order valence-electron chi connectivity index (χ2n) is 7.35. The molecule has 0 saturated carbocycles. The molecule has 0 spiro atoms. The molecule has 0 aromatic rings. The van der Waals surface area contributed by atoms with Gasteiger partial charge >= 0.3 is 0 Å². The van der Waals surface area contributed by atoms with Crippen LogP contribution in [-0.2, 0) is 14.4 Å². The number of hydrogen-bond donors (Lipinski definition) is 6. The quantitative estimate of drug-likeness (QED) is 0.119. The summed E-state index contributed by atoms with van der Waals surface area (Å²) in [5.74, 6) is -0.105. The summed E-state index contributed by atoms with van der Waals surface area (Å²) < 4.78 is 0. The van der Waals surface area contributed by atoms with Crippen molar-refractivity contribution in [3.05, 3.63) is 0 Å². The average molecular weight is 445 g/mol. The van der Waals surface area contributed by atoms with Crippen LogP contribution in [0.2, 0.25) is 0 Å². The van der Waals surface area contributed by atoms with Crippen molar-refractivity contribution < 1.29 is 14.4 Å². The van der Waals surface area contributed by atoms with Gasteiger partial charge in [0.2, 0.25) is 17.7 Å². The molecule has 0 atom stereocenters. The Bertz CT molecular complexity index is 469. The van der Waals surface area contributed by atoms with Crippen LogP contribution in [0, 0.1) is 0 Å². The second-order valence-corrected chi connectivity index (χ2v) is 7.35. The first kappa shape index (κ1) is 29.2. The molecule has 0 aromatic heterocycles. The fraction of sp³-hybridized carbons (Fsp3) is 0.850. The van der Waals surface area contributed by atoms with E-state index in [2.05, 4.69) is 32.7 Å². The van der Waals surface area contributed by atoms with Crippen molar-refractivity contribution in [2.45, 2.75) is 32.6 Å². The molecule has 0 unspecified atom stereocenters.